The average Bonchev–Trinajstić information content (AvgIpc) is 2.48. The predicted molar refractivity (Wildman–Crippen MR) is 88.2 cm³/mol. The summed E-state index contributed by atoms with van der Waals surface area (Å²) in [7, 11) is 0. The van der Waals surface area contributed by atoms with Crippen LogP contribution in [0.4, 0.5) is 0 Å². The zero-order valence-corrected chi connectivity index (χ0v) is 13.5. The van der Waals surface area contributed by atoms with Gasteiger partial charge in [0.15, 0.2) is 0 Å². The van der Waals surface area contributed by atoms with Crippen LogP contribution in [0.5, 0.6) is 0 Å². The van der Waals surface area contributed by atoms with Gasteiger partial charge in [0.05, 0.1) is 5.60 Å². The largest absolute Gasteiger partial charge is 0.385 e. The van der Waals surface area contributed by atoms with Crippen LogP contribution in [-0.2, 0) is 12.0 Å². The molecule has 2 aromatic carbocycles. The van der Waals surface area contributed by atoms with Gasteiger partial charge in [-0.2, -0.15) is 0 Å². The summed E-state index contributed by atoms with van der Waals surface area (Å²) in [4.78, 5) is 0. The quantitative estimate of drug-likeness (QED) is 0.793. The van der Waals surface area contributed by atoms with Gasteiger partial charge in [0, 0.05) is 16.5 Å². The Morgan fingerprint density at radius 2 is 1.76 bits per heavy atom. The molecule has 3 heteroatoms. The Hall–Kier alpha value is -1.02. The normalized spacial score (nSPS) is 24.7. The van der Waals surface area contributed by atoms with Crippen LogP contribution in [-0.4, -0.2) is 5.11 Å². The molecule has 0 saturated heterocycles. The highest BCUT2D eigenvalue weighted by Gasteiger charge is 2.37. The molecule has 2 atom stereocenters. The lowest BCUT2D eigenvalue weighted by Gasteiger charge is -2.37. The van der Waals surface area contributed by atoms with Gasteiger partial charge in [-0.15, -0.1) is 0 Å². The van der Waals surface area contributed by atoms with Crippen LogP contribution in [0.25, 0.3) is 0 Å². The van der Waals surface area contributed by atoms with Crippen LogP contribution in [0, 0.1) is 0 Å². The maximum atomic E-state index is 11.2. The molecule has 1 nitrogen and oxygen atoms in total. The Bertz CT molecular complexity index is 648. The Labute approximate surface area is 135 Å². The van der Waals surface area contributed by atoms with Gasteiger partial charge in [-0.25, -0.2) is 0 Å². The average molecular weight is 321 g/mol. The monoisotopic (exact) mass is 320 g/mol. The molecular weight excluding hydrogens is 303 g/mol. The van der Waals surface area contributed by atoms with E-state index in [-0.39, 0.29) is 0 Å². The number of halogens is 2. The molecule has 0 fully saturated rings. The maximum Gasteiger partial charge on any atom is 0.0940 e. The highest BCUT2D eigenvalue weighted by Crippen LogP contribution is 2.44. The van der Waals surface area contributed by atoms with E-state index in [1.165, 1.54) is 5.56 Å². The maximum absolute atomic E-state index is 11.2. The minimum atomic E-state index is -0.891. The van der Waals surface area contributed by atoms with Crippen molar-refractivity contribution < 1.29 is 5.11 Å². The van der Waals surface area contributed by atoms with Crippen LogP contribution in [0.2, 0.25) is 10.0 Å². The first-order valence-corrected chi connectivity index (χ1v) is 8.01. The molecule has 0 amide bonds. The number of fused-ring (bicyclic) bond motifs is 1. The molecule has 0 radical (unpaired) electrons. The van der Waals surface area contributed by atoms with Crippen molar-refractivity contribution in [3.63, 3.8) is 0 Å². The molecule has 1 aliphatic rings. The number of hydrogen-bond acceptors (Lipinski definition) is 1. The lowest BCUT2D eigenvalue weighted by molar-refractivity contribution is 0.0159. The molecule has 1 aliphatic carbocycles. The van der Waals surface area contributed by atoms with Gasteiger partial charge in [-0.05, 0) is 47.6 Å². The molecule has 2 unspecified atom stereocenters. The fourth-order valence-electron chi connectivity index (χ4n) is 3.27. The molecule has 3 rings (SSSR count). The van der Waals surface area contributed by atoms with Crippen molar-refractivity contribution in [3.05, 3.63) is 69.2 Å². The van der Waals surface area contributed by atoms with Crippen LogP contribution in [0.15, 0.2) is 42.5 Å². The zero-order chi connectivity index (χ0) is 15.0. The third kappa shape index (κ3) is 2.70. The number of aliphatic hydroxyl groups is 1. The standard InChI is InChI=1S/C18H18Cl2O/c1-12-9-10-18(21,15-6-3-2-5-13(12)15)11-14-16(19)7-4-8-17(14)20/h2-8,12,21H,9-11H2,1H3. The third-order valence-electron chi connectivity index (χ3n) is 4.51. The van der Waals surface area contributed by atoms with Gasteiger partial charge >= 0.3 is 0 Å². The van der Waals surface area contributed by atoms with Crippen molar-refractivity contribution in [2.24, 2.45) is 0 Å². The molecular formula is C18H18Cl2O. The minimum absolute atomic E-state index is 0.454. The molecule has 0 saturated carbocycles. The Kier molecular flexibility index (Phi) is 4.00. The SMILES string of the molecule is CC1CCC(O)(Cc2c(Cl)cccc2Cl)c2ccccc21. The fourth-order valence-corrected chi connectivity index (χ4v) is 3.80. The van der Waals surface area contributed by atoms with Crippen molar-refractivity contribution in [3.8, 4) is 0 Å². The molecule has 2 aromatic rings. The van der Waals surface area contributed by atoms with Crippen molar-refractivity contribution in [1.82, 2.24) is 0 Å². The molecule has 0 bridgehead atoms. The van der Waals surface area contributed by atoms with Crippen LogP contribution in [0.3, 0.4) is 0 Å². The summed E-state index contributed by atoms with van der Waals surface area (Å²) >= 11 is 12.5. The van der Waals surface area contributed by atoms with E-state index in [0.29, 0.717) is 22.4 Å². The number of hydrogen-bond donors (Lipinski definition) is 1. The second-order valence-corrected chi connectivity index (χ2v) is 6.75. The van der Waals surface area contributed by atoms with E-state index in [1.807, 2.05) is 36.4 Å². The van der Waals surface area contributed by atoms with Crippen LogP contribution < -0.4 is 0 Å². The van der Waals surface area contributed by atoms with Crippen LogP contribution >= 0.6 is 23.2 Å². The number of rotatable bonds is 2. The van der Waals surface area contributed by atoms with Crippen molar-refractivity contribution in [2.45, 2.75) is 37.7 Å². The summed E-state index contributed by atoms with van der Waals surface area (Å²) < 4.78 is 0. The summed E-state index contributed by atoms with van der Waals surface area (Å²) in [5.41, 5.74) is 2.18. The lowest BCUT2D eigenvalue weighted by Crippen LogP contribution is -2.34. The van der Waals surface area contributed by atoms with E-state index in [2.05, 4.69) is 13.0 Å². The molecule has 21 heavy (non-hydrogen) atoms. The first-order valence-electron chi connectivity index (χ1n) is 7.26. The van der Waals surface area contributed by atoms with Gasteiger partial charge in [0.2, 0.25) is 0 Å². The first-order chi connectivity index (χ1) is 10.0. The van der Waals surface area contributed by atoms with Gasteiger partial charge in [0.1, 0.15) is 0 Å². The van der Waals surface area contributed by atoms with Crippen molar-refractivity contribution in [2.75, 3.05) is 0 Å². The molecule has 0 aromatic heterocycles. The smallest absolute Gasteiger partial charge is 0.0940 e. The minimum Gasteiger partial charge on any atom is -0.385 e. The van der Waals surface area contributed by atoms with Crippen molar-refractivity contribution >= 4 is 23.2 Å². The number of benzene rings is 2. The van der Waals surface area contributed by atoms with E-state index in [4.69, 9.17) is 23.2 Å². The summed E-state index contributed by atoms with van der Waals surface area (Å²) in [6.07, 6.45) is 2.15. The highest BCUT2D eigenvalue weighted by molar-refractivity contribution is 6.36. The highest BCUT2D eigenvalue weighted by atomic mass is 35.5. The van der Waals surface area contributed by atoms with Crippen LogP contribution in [0.1, 0.15) is 42.4 Å². The zero-order valence-electron chi connectivity index (χ0n) is 11.9. The van der Waals surface area contributed by atoms with Crippen molar-refractivity contribution in [1.29, 1.82) is 0 Å². The molecule has 0 spiro atoms. The Balaban J connectivity index is 2.04. The van der Waals surface area contributed by atoms with E-state index in [9.17, 15) is 5.11 Å². The van der Waals surface area contributed by atoms with Gasteiger partial charge in [-0.3, -0.25) is 0 Å². The Morgan fingerprint density at radius 1 is 1.10 bits per heavy atom. The Morgan fingerprint density at radius 3 is 2.48 bits per heavy atom. The first kappa shape index (κ1) is 14.9. The van der Waals surface area contributed by atoms with E-state index < -0.39 is 5.60 Å². The summed E-state index contributed by atoms with van der Waals surface area (Å²) in [6, 6.07) is 13.6. The van der Waals surface area contributed by atoms with E-state index in [1.54, 1.807) is 0 Å². The second kappa shape index (κ2) is 5.64. The lowest BCUT2D eigenvalue weighted by atomic mass is 9.72. The molecule has 110 valence electrons. The topological polar surface area (TPSA) is 20.2 Å². The second-order valence-electron chi connectivity index (χ2n) is 5.94. The van der Waals surface area contributed by atoms with Gasteiger partial charge in [0.25, 0.3) is 0 Å². The van der Waals surface area contributed by atoms with E-state index >= 15 is 0 Å². The summed E-state index contributed by atoms with van der Waals surface area (Å²) in [6.45, 7) is 2.21. The summed E-state index contributed by atoms with van der Waals surface area (Å²) in [5.74, 6) is 0.475. The molecule has 0 heterocycles. The molecule has 1 N–H and O–H groups in total. The third-order valence-corrected chi connectivity index (χ3v) is 5.22. The van der Waals surface area contributed by atoms with Gasteiger partial charge in [-0.1, -0.05) is 60.5 Å². The fraction of sp³-hybridized carbons (Fsp3) is 0.333. The molecule has 0 aliphatic heterocycles. The predicted octanol–water partition coefficient (Wildman–Crippen LogP) is 5.32. The summed E-state index contributed by atoms with van der Waals surface area (Å²) in [5, 5.41) is 12.5. The van der Waals surface area contributed by atoms with Gasteiger partial charge < -0.3 is 5.11 Å². The van der Waals surface area contributed by atoms with E-state index in [0.717, 1.165) is 24.0 Å².